The Hall–Kier alpha value is -1.36. The standard InChI is InChI=1S/C18H22ClNO2S/c1-18(2,3)15-7-9-17(10-8-15)23(21,22)20-12-11-14-5-4-6-16(19)13-14/h4-10,13,20H,11-12H2,1-3H3. The Morgan fingerprint density at radius 3 is 2.26 bits per heavy atom. The van der Waals surface area contributed by atoms with E-state index >= 15 is 0 Å². The third-order valence-corrected chi connectivity index (χ3v) is 5.34. The molecular weight excluding hydrogens is 330 g/mol. The summed E-state index contributed by atoms with van der Waals surface area (Å²) in [6, 6.07) is 14.5. The Kier molecular flexibility index (Phi) is 5.50. The number of nitrogens with one attached hydrogen (secondary N) is 1. The second-order valence-electron chi connectivity index (χ2n) is 6.55. The van der Waals surface area contributed by atoms with Gasteiger partial charge in [0.15, 0.2) is 0 Å². The van der Waals surface area contributed by atoms with Gasteiger partial charge in [-0.3, -0.25) is 0 Å². The van der Waals surface area contributed by atoms with Crippen LogP contribution in [0.2, 0.25) is 5.02 Å². The van der Waals surface area contributed by atoms with E-state index in [2.05, 4.69) is 25.5 Å². The van der Waals surface area contributed by atoms with Crippen LogP contribution in [0.4, 0.5) is 0 Å². The van der Waals surface area contributed by atoms with Crippen LogP contribution in [-0.4, -0.2) is 15.0 Å². The van der Waals surface area contributed by atoms with E-state index in [-0.39, 0.29) is 10.3 Å². The zero-order chi connectivity index (χ0) is 17.1. The lowest BCUT2D eigenvalue weighted by atomic mass is 9.87. The molecule has 0 fully saturated rings. The van der Waals surface area contributed by atoms with Gasteiger partial charge in [0.2, 0.25) is 10.0 Å². The molecule has 124 valence electrons. The van der Waals surface area contributed by atoms with Gasteiger partial charge in [-0.25, -0.2) is 13.1 Å². The molecule has 0 unspecified atom stereocenters. The third-order valence-electron chi connectivity index (χ3n) is 3.63. The van der Waals surface area contributed by atoms with Crippen LogP contribution in [0, 0.1) is 0 Å². The summed E-state index contributed by atoms with van der Waals surface area (Å²) in [7, 11) is -3.49. The van der Waals surface area contributed by atoms with E-state index in [4.69, 9.17) is 11.6 Å². The predicted molar refractivity (Wildman–Crippen MR) is 95.5 cm³/mol. The van der Waals surface area contributed by atoms with Crippen LogP contribution >= 0.6 is 11.6 Å². The summed E-state index contributed by atoms with van der Waals surface area (Å²) in [5.41, 5.74) is 2.11. The molecule has 1 N–H and O–H groups in total. The smallest absolute Gasteiger partial charge is 0.211 e. The van der Waals surface area contributed by atoms with Crippen molar-refractivity contribution in [3.63, 3.8) is 0 Å². The first-order valence-corrected chi connectivity index (χ1v) is 9.39. The van der Waals surface area contributed by atoms with Crippen LogP contribution < -0.4 is 4.72 Å². The normalized spacial score (nSPS) is 12.3. The number of halogens is 1. The number of hydrogen-bond acceptors (Lipinski definition) is 2. The van der Waals surface area contributed by atoms with Crippen molar-refractivity contribution in [2.24, 2.45) is 0 Å². The van der Waals surface area contributed by atoms with Crippen molar-refractivity contribution in [1.82, 2.24) is 4.72 Å². The summed E-state index contributed by atoms with van der Waals surface area (Å²) in [6.45, 7) is 6.63. The molecule has 0 heterocycles. The van der Waals surface area contributed by atoms with Crippen molar-refractivity contribution >= 4 is 21.6 Å². The molecule has 0 amide bonds. The van der Waals surface area contributed by atoms with Crippen LogP contribution in [0.3, 0.4) is 0 Å². The highest BCUT2D eigenvalue weighted by Crippen LogP contribution is 2.23. The molecule has 0 spiro atoms. The molecule has 0 bridgehead atoms. The highest BCUT2D eigenvalue weighted by molar-refractivity contribution is 7.89. The van der Waals surface area contributed by atoms with Gasteiger partial charge in [0.1, 0.15) is 0 Å². The average Bonchev–Trinajstić information content (AvgIpc) is 2.46. The summed E-state index contributed by atoms with van der Waals surface area (Å²) in [5, 5.41) is 0.656. The molecule has 2 aromatic rings. The molecule has 0 saturated carbocycles. The monoisotopic (exact) mass is 351 g/mol. The minimum absolute atomic E-state index is 0.00228. The van der Waals surface area contributed by atoms with E-state index in [1.54, 1.807) is 18.2 Å². The van der Waals surface area contributed by atoms with Gasteiger partial charge in [-0.05, 0) is 47.2 Å². The quantitative estimate of drug-likeness (QED) is 0.879. The van der Waals surface area contributed by atoms with Crippen LogP contribution in [0.15, 0.2) is 53.4 Å². The molecular formula is C18H22ClNO2S. The molecule has 0 aliphatic rings. The van der Waals surface area contributed by atoms with E-state index < -0.39 is 10.0 Å². The van der Waals surface area contributed by atoms with Gasteiger partial charge in [-0.15, -0.1) is 0 Å². The second-order valence-corrected chi connectivity index (χ2v) is 8.76. The topological polar surface area (TPSA) is 46.2 Å². The van der Waals surface area contributed by atoms with Crippen LogP contribution in [0.1, 0.15) is 31.9 Å². The minimum atomic E-state index is -3.49. The van der Waals surface area contributed by atoms with Crippen molar-refractivity contribution in [1.29, 1.82) is 0 Å². The van der Waals surface area contributed by atoms with Crippen LogP contribution in [0.25, 0.3) is 0 Å². The van der Waals surface area contributed by atoms with Gasteiger partial charge in [0.25, 0.3) is 0 Å². The van der Waals surface area contributed by atoms with Crippen molar-refractivity contribution in [2.45, 2.75) is 37.5 Å². The lowest BCUT2D eigenvalue weighted by Gasteiger charge is -2.19. The van der Waals surface area contributed by atoms with E-state index in [0.717, 1.165) is 11.1 Å². The van der Waals surface area contributed by atoms with Gasteiger partial charge in [0.05, 0.1) is 4.90 Å². The Labute approximate surface area is 143 Å². The number of sulfonamides is 1. The third kappa shape index (κ3) is 5.06. The number of rotatable bonds is 5. The van der Waals surface area contributed by atoms with E-state index in [1.807, 2.05) is 30.3 Å². The summed E-state index contributed by atoms with van der Waals surface area (Å²) >= 11 is 5.92. The largest absolute Gasteiger partial charge is 0.240 e. The molecule has 0 saturated heterocycles. The van der Waals surface area contributed by atoms with Gasteiger partial charge >= 0.3 is 0 Å². The number of benzene rings is 2. The maximum absolute atomic E-state index is 12.3. The SMILES string of the molecule is CC(C)(C)c1ccc(S(=O)(=O)NCCc2cccc(Cl)c2)cc1. The van der Waals surface area contributed by atoms with Crippen molar-refractivity contribution in [3.8, 4) is 0 Å². The molecule has 0 aliphatic carbocycles. The Morgan fingerprint density at radius 1 is 1.04 bits per heavy atom. The minimum Gasteiger partial charge on any atom is -0.211 e. The lowest BCUT2D eigenvalue weighted by Crippen LogP contribution is -2.26. The first kappa shape index (κ1) is 18.0. The van der Waals surface area contributed by atoms with Gasteiger partial charge in [0, 0.05) is 11.6 Å². The molecule has 5 heteroatoms. The Morgan fingerprint density at radius 2 is 1.70 bits per heavy atom. The fourth-order valence-corrected chi connectivity index (χ4v) is 3.48. The maximum atomic E-state index is 12.3. The summed E-state index contributed by atoms with van der Waals surface area (Å²) in [6.07, 6.45) is 0.597. The molecule has 3 nitrogen and oxygen atoms in total. The van der Waals surface area contributed by atoms with Crippen molar-refractivity contribution < 1.29 is 8.42 Å². The van der Waals surface area contributed by atoms with E-state index in [1.165, 1.54) is 0 Å². The first-order chi connectivity index (χ1) is 10.7. The predicted octanol–water partition coefficient (Wildman–Crippen LogP) is 4.16. The Bertz CT molecular complexity index is 762. The average molecular weight is 352 g/mol. The highest BCUT2D eigenvalue weighted by atomic mass is 35.5. The van der Waals surface area contributed by atoms with E-state index in [9.17, 15) is 8.42 Å². The van der Waals surface area contributed by atoms with Gasteiger partial charge < -0.3 is 0 Å². The fourth-order valence-electron chi connectivity index (χ4n) is 2.24. The van der Waals surface area contributed by atoms with E-state index in [0.29, 0.717) is 18.0 Å². The Balaban J connectivity index is 2.01. The number of hydrogen-bond donors (Lipinski definition) is 1. The molecule has 0 aliphatic heterocycles. The summed E-state index contributed by atoms with van der Waals surface area (Å²) in [5.74, 6) is 0. The zero-order valence-electron chi connectivity index (χ0n) is 13.6. The molecule has 0 atom stereocenters. The van der Waals surface area contributed by atoms with Crippen LogP contribution in [0.5, 0.6) is 0 Å². The molecule has 0 aromatic heterocycles. The molecule has 0 radical (unpaired) electrons. The summed E-state index contributed by atoms with van der Waals surface area (Å²) in [4.78, 5) is 0.289. The first-order valence-electron chi connectivity index (χ1n) is 7.53. The van der Waals surface area contributed by atoms with Crippen LogP contribution in [-0.2, 0) is 21.9 Å². The molecule has 2 rings (SSSR count). The van der Waals surface area contributed by atoms with Crippen molar-refractivity contribution in [3.05, 3.63) is 64.7 Å². The fraction of sp³-hybridized carbons (Fsp3) is 0.333. The molecule has 2 aromatic carbocycles. The second kappa shape index (κ2) is 7.04. The van der Waals surface area contributed by atoms with Gasteiger partial charge in [-0.2, -0.15) is 0 Å². The zero-order valence-corrected chi connectivity index (χ0v) is 15.2. The lowest BCUT2D eigenvalue weighted by molar-refractivity contribution is 0.578. The highest BCUT2D eigenvalue weighted by Gasteiger charge is 2.17. The van der Waals surface area contributed by atoms with Crippen molar-refractivity contribution in [2.75, 3.05) is 6.54 Å². The van der Waals surface area contributed by atoms with Gasteiger partial charge in [-0.1, -0.05) is 56.6 Å². The maximum Gasteiger partial charge on any atom is 0.240 e. The summed E-state index contributed by atoms with van der Waals surface area (Å²) < 4.78 is 27.3. The molecule has 23 heavy (non-hydrogen) atoms.